The lowest BCUT2D eigenvalue weighted by Gasteiger charge is -2.56. The number of fused-ring (bicyclic) bond motifs is 3. The third-order valence-corrected chi connectivity index (χ3v) is 3.85. The van der Waals surface area contributed by atoms with Crippen molar-refractivity contribution in [3.63, 3.8) is 0 Å². The maximum Gasteiger partial charge on any atom is 0.0921 e. The molecule has 0 spiro atoms. The van der Waals surface area contributed by atoms with Crippen LogP contribution < -0.4 is 0 Å². The third-order valence-electron chi connectivity index (χ3n) is 3.85. The third kappa shape index (κ3) is 1.22. The van der Waals surface area contributed by atoms with Crippen molar-refractivity contribution in [3.8, 4) is 0 Å². The standard InChI is InChI=1S/C10H18O3/c1-9-4-3-7(5-8(9)12)10(2,6-11)13-9/h7-8,11-12H,3-6H2,1-2H3/t7?,8-,9-,10-/m1/s1. The molecular formula is C10H18O3. The van der Waals surface area contributed by atoms with Crippen molar-refractivity contribution >= 4 is 0 Å². The topological polar surface area (TPSA) is 49.7 Å². The normalized spacial score (nSPS) is 55.4. The Kier molecular flexibility index (Phi) is 1.95. The lowest BCUT2D eigenvalue weighted by Crippen LogP contribution is -2.63. The van der Waals surface area contributed by atoms with E-state index in [1.807, 2.05) is 13.8 Å². The molecule has 76 valence electrons. The highest BCUT2D eigenvalue weighted by Gasteiger charge is 2.55. The van der Waals surface area contributed by atoms with Gasteiger partial charge in [0.25, 0.3) is 0 Å². The molecule has 3 aliphatic rings. The van der Waals surface area contributed by atoms with Crippen LogP contribution in [0.25, 0.3) is 0 Å². The van der Waals surface area contributed by atoms with Gasteiger partial charge in [0.15, 0.2) is 0 Å². The fourth-order valence-electron chi connectivity index (χ4n) is 2.72. The van der Waals surface area contributed by atoms with Crippen molar-refractivity contribution < 1.29 is 14.9 Å². The van der Waals surface area contributed by atoms with E-state index < -0.39 is 11.2 Å². The average molecular weight is 186 g/mol. The smallest absolute Gasteiger partial charge is 0.0921 e. The summed E-state index contributed by atoms with van der Waals surface area (Å²) < 4.78 is 5.82. The lowest BCUT2D eigenvalue weighted by molar-refractivity contribution is -0.288. The molecule has 0 aromatic rings. The van der Waals surface area contributed by atoms with E-state index in [4.69, 9.17) is 4.74 Å². The second kappa shape index (κ2) is 2.69. The van der Waals surface area contributed by atoms with E-state index in [9.17, 15) is 10.2 Å². The Balaban J connectivity index is 2.25. The molecular weight excluding hydrogens is 168 g/mol. The number of hydrogen-bond acceptors (Lipinski definition) is 3. The summed E-state index contributed by atoms with van der Waals surface area (Å²) in [6.07, 6.45) is 2.39. The van der Waals surface area contributed by atoms with Gasteiger partial charge in [0.1, 0.15) is 0 Å². The molecule has 3 heteroatoms. The van der Waals surface area contributed by atoms with Gasteiger partial charge in [-0.2, -0.15) is 0 Å². The fraction of sp³-hybridized carbons (Fsp3) is 1.00. The van der Waals surface area contributed by atoms with E-state index in [0.717, 1.165) is 19.3 Å². The minimum atomic E-state index is -0.424. The molecule has 1 saturated carbocycles. The Labute approximate surface area is 78.7 Å². The van der Waals surface area contributed by atoms with Gasteiger partial charge < -0.3 is 14.9 Å². The minimum Gasteiger partial charge on any atom is -0.393 e. The largest absolute Gasteiger partial charge is 0.393 e. The minimum absolute atomic E-state index is 0.0555. The van der Waals surface area contributed by atoms with Crippen LogP contribution in [0.15, 0.2) is 0 Å². The van der Waals surface area contributed by atoms with Gasteiger partial charge in [-0.1, -0.05) is 0 Å². The first-order valence-corrected chi connectivity index (χ1v) is 4.99. The first-order chi connectivity index (χ1) is 6.00. The van der Waals surface area contributed by atoms with Crippen LogP contribution in [0, 0.1) is 5.92 Å². The molecule has 1 unspecified atom stereocenters. The molecule has 1 aliphatic carbocycles. The molecule has 0 aromatic heterocycles. The SMILES string of the molecule is C[C@]1(CO)O[C@]2(C)CCC1C[C@H]2O. The molecule has 0 amide bonds. The van der Waals surface area contributed by atoms with Gasteiger partial charge in [-0.3, -0.25) is 0 Å². The number of hydrogen-bond donors (Lipinski definition) is 2. The Bertz CT molecular complexity index is 216. The summed E-state index contributed by atoms with van der Waals surface area (Å²) in [7, 11) is 0. The van der Waals surface area contributed by atoms with E-state index in [1.165, 1.54) is 0 Å². The van der Waals surface area contributed by atoms with Gasteiger partial charge in [-0.05, 0) is 39.0 Å². The average Bonchev–Trinajstić information content (AvgIpc) is 2.08. The Hall–Kier alpha value is -0.120. The maximum absolute atomic E-state index is 9.78. The first-order valence-electron chi connectivity index (χ1n) is 4.99. The van der Waals surface area contributed by atoms with Crippen LogP contribution in [0.1, 0.15) is 33.1 Å². The quantitative estimate of drug-likeness (QED) is 0.633. The maximum atomic E-state index is 9.78. The van der Waals surface area contributed by atoms with Crippen molar-refractivity contribution in [1.29, 1.82) is 0 Å². The summed E-state index contributed by atoms with van der Waals surface area (Å²) in [6, 6.07) is 0. The number of ether oxygens (including phenoxy) is 1. The summed E-state index contributed by atoms with van der Waals surface area (Å²) in [5.74, 6) is 0.314. The van der Waals surface area contributed by atoms with Crippen molar-refractivity contribution in [2.45, 2.75) is 50.4 Å². The first kappa shape index (κ1) is 9.44. The molecule has 2 aliphatic heterocycles. The molecule has 2 N–H and O–H groups in total. The summed E-state index contributed by atoms with van der Waals surface area (Å²) in [5.41, 5.74) is -0.849. The Morgan fingerprint density at radius 1 is 1.46 bits per heavy atom. The van der Waals surface area contributed by atoms with Gasteiger partial charge in [0, 0.05) is 0 Å². The van der Waals surface area contributed by atoms with E-state index >= 15 is 0 Å². The molecule has 3 nitrogen and oxygen atoms in total. The fourth-order valence-corrected chi connectivity index (χ4v) is 2.72. The highest BCUT2D eigenvalue weighted by molar-refractivity contribution is 5.04. The molecule has 3 rings (SSSR count). The summed E-state index contributed by atoms with van der Waals surface area (Å²) in [4.78, 5) is 0. The van der Waals surface area contributed by atoms with Gasteiger partial charge in [0.2, 0.25) is 0 Å². The van der Waals surface area contributed by atoms with Crippen molar-refractivity contribution in [2.75, 3.05) is 6.61 Å². The van der Waals surface area contributed by atoms with Crippen LogP contribution in [0.3, 0.4) is 0 Å². The summed E-state index contributed by atoms with van der Waals surface area (Å²) >= 11 is 0. The molecule has 2 heterocycles. The Morgan fingerprint density at radius 2 is 2.15 bits per heavy atom. The highest BCUT2D eigenvalue weighted by Crippen LogP contribution is 2.49. The predicted octanol–water partition coefficient (Wildman–Crippen LogP) is 0.687. The van der Waals surface area contributed by atoms with Crippen LogP contribution in [0.4, 0.5) is 0 Å². The monoisotopic (exact) mass is 186 g/mol. The summed E-state index contributed by atoms with van der Waals surface area (Å²) in [6.45, 7) is 3.95. The van der Waals surface area contributed by atoms with E-state index in [0.29, 0.717) is 5.92 Å². The van der Waals surface area contributed by atoms with Gasteiger partial charge >= 0.3 is 0 Å². The number of rotatable bonds is 1. The second-order valence-electron chi connectivity index (χ2n) is 4.87. The molecule has 0 radical (unpaired) electrons. The zero-order valence-corrected chi connectivity index (χ0v) is 8.29. The molecule has 2 bridgehead atoms. The van der Waals surface area contributed by atoms with Gasteiger partial charge in [0.05, 0.1) is 23.9 Å². The molecule has 13 heavy (non-hydrogen) atoms. The number of aliphatic hydroxyl groups excluding tert-OH is 2. The van der Waals surface area contributed by atoms with Crippen LogP contribution >= 0.6 is 0 Å². The summed E-state index contributed by atoms with van der Waals surface area (Å²) in [5, 5.41) is 19.0. The molecule has 4 atom stereocenters. The molecule has 0 aromatic carbocycles. The van der Waals surface area contributed by atoms with Gasteiger partial charge in [-0.25, -0.2) is 0 Å². The zero-order chi connectivity index (χ0) is 9.69. The highest BCUT2D eigenvalue weighted by atomic mass is 16.5. The molecule has 3 fully saturated rings. The van der Waals surface area contributed by atoms with E-state index in [1.54, 1.807) is 0 Å². The second-order valence-corrected chi connectivity index (χ2v) is 4.87. The van der Waals surface area contributed by atoms with Crippen molar-refractivity contribution in [2.24, 2.45) is 5.92 Å². The van der Waals surface area contributed by atoms with Crippen LogP contribution in [0.5, 0.6) is 0 Å². The van der Waals surface area contributed by atoms with Crippen molar-refractivity contribution in [3.05, 3.63) is 0 Å². The van der Waals surface area contributed by atoms with Crippen LogP contribution in [-0.4, -0.2) is 34.1 Å². The lowest BCUT2D eigenvalue weighted by atomic mass is 9.67. The van der Waals surface area contributed by atoms with E-state index in [2.05, 4.69) is 0 Å². The van der Waals surface area contributed by atoms with Crippen LogP contribution in [-0.2, 0) is 4.74 Å². The zero-order valence-electron chi connectivity index (χ0n) is 8.29. The van der Waals surface area contributed by atoms with Crippen LogP contribution in [0.2, 0.25) is 0 Å². The van der Waals surface area contributed by atoms with E-state index in [-0.39, 0.29) is 12.7 Å². The Morgan fingerprint density at radius 3 is 2.62 bits per heavy atom. The molecule has 2 saturated heterocycles. The predicted molar refractivity (Wildman–Crippen MR) is 48.3 cm³/mol. The number of aliphatic hydroxyl groups is 2. The van der Waals surface area contributed by atoms with Crippen molar-refractivity contribution in [1.82, 2.24) is 0 Å². The van der Waals surface area contributed by atoms with Gasteiger partial charge in [-0.15, -0.1) is 0 Å².